The van der Waals surface area contributed by atoms with Gasteiger partial charge in [-0.25, -0.2) is 0 Å². The van der Waals surface area contributed by atoms with Crippen LogP contribution in [0.5, 0.6) is 23.0 Å². The Morgan fingerprint density at radius 1 is 0.833 bits per heavy atom. The summed E-state index contributed by atoms with van der Waals surface area (Å²) in [6.07, 6.45) is 0. The Morgan fingerprint density at radius 3 is 2.12 bits per heavy atom. The lowest BCUT2D eigenvalue weighted by Crippen LogP contribution is -2.30. The van der Waals surface area contributed by atoms with Crippen LogP contribution in [0.1, 0.15) is 35.3 Å². The molecule has 0 saturated carbocycles. The Hall–Kier alpha value is -3.15. The van der Waals surface area contributed by atoms with E-state index in [2.05, 4.69) is 0 Å². The van der Waals surface area contributed by atoms with E-state index >= 15 is 0 Å². The van der Waals surface area contributed by atoms with E-state index in [1.807, 2.05) is 0 Å². The molecule has 0 aliphatic heterocycles. The lowest BCUT2D eigenvalue weighted by atomic mass is 9.68. The smallest absolute Gasteiger partial charge is 0.231 e. The average molecular weight is 328 g/mol. The number of Topliss-reactive ketones (excluding diaryl/α,β-unsaturated/α-hetero) is 1. The number of ketones is 1. The molecule has 1 aliphatic carbocycles. The van der Waals surface area contributed by atoms with Gasteiger partial charge in [0.1, 0.15) is 11.5 Å². The molecule has 0 unspecified atom stereocenters. The van der Waals surface area contributed by atoms with Gasteiger partial charge in [-0.15, -0.1) is 0 Å². The first kappa shape index (κ1) is 15.7. The maximum Gasteiger partial charge on any atom is 0.231 e. The van der Waals surface area contributed by atoms with Crippen molar-refractivity contribution in [2.24, 2.45) is 0 Å². The standard InChI is InChI=1S/C18H16O6/c1-18(2)10-6-9(19)7-13(22)14(10)16(23)17(24)15(18)8-3-4-11(20)12(21)5-8/h3-7,19-22,24H,1-2H3. The number of hydrogen-bond donors (Lipinski definition) is 5. The second kappa shape index (κ2) is 4.92. The lowest BCUT2D eigenvalue weighted by Gasteiger charge is -2.35. The summed E-state index contributed by atoms with van der Waals surface area (Å²) < 4.78 is 0. The van der Waals surface area contributed by atoms with Crippen molar-refractivity contribution in [3.63, 3.8) is 0 Å². The number of rotatable bonds is 1. The molecule has 0 amide bonds. The van der Waals surface area contributed by atoms with Crippen molar-refractivity contribution in [3.05, 3.63) is 52.8 Å². The van der Waals surface area contributed by atoms with Crippen LogP contribution in [0, 0.1) is 0 Å². The van der Waals surface area contributed by atoms with Gasteiger partial charge in [0.05, 0.1) is 5.56 Å². The Morgan fingerprint density at radius 2 is 1.50 bits per heavy atom. The fraction of sp³-hybridized carbons (Fsp3) is 0.167. The monoisotopic (exact) mass is 328 g/mol. The van der Waals surface area contributed by atoms with Crippen molar-refractivity contribution in [3.8, 4) is 23.0 Å². The minimum Gasteiger partial charge on any atom is -0.508 e. The van der Waals surface area contributed by atoms with E-state index in [4.69, 9.17) is 0 Å². The van der Waals surface area contributed by atoms with Crippen LogP contribution >= 0.6 is 0 Å². The third-order valence-corrected chi connectivity index (χ3v) is 4.34. The van der Waals surface area contributed by atoms with Crippen molar-refractivity contribution >= 4 is 11.4 Å². The molecule has 0 bridgehead atoms. The van der Waals surface area contributed by atoms with Crippen molar-refractivity contribution in [2.75, 3.05) is 0 Å². The van der Waals surface area contributed by atoms with Gasteiger partial charge < -0.3 is 25.5 Å². The summed E-state index contributed by atoms with van der Waals surface area (Å²) in [6, 6.07) is 6.35. The molecule has 3 rings (SSSR count). The molecular formula is C18H16O6. The summed E-state index contributed by atoms with van der Waals surface area (Å²) in [5.74, 6) is -2.67. The first-order valence-corrected chi connectivity index (χ1v) is 7.21. The maximum atomic E-state index is 12.5. The SMILES string of the molecule is CC1(C)C(c2ccc(O)c(O)c2)=C(O)C(=O)c2c(O)cc(O)cc21. The molecule has 124 valence electrons. The second-order valence-electron chi connectivity index (χ2n) is 6.27. The number of carbonyl (C=O) groups excluding carboxylic acids is 1. The molecule has 24 heavy (non-hydrogen) atoms. The molecule has 0 saturated heterocycles. The number of phenolic OH excluding ortho intramolecular Hbond substituents is 4. The van der Waals surface area contributed by atoms with Crippen molar-refractivity contribution < 1.29 is 30.3 Å². The molecule has 1 aliphatic rings. The van der Waals surface area contributed by atoms with Gasteiger partial charge in [0.15, 0.2) is 17.3 Å². The molecular weight excluding hydrogens is 312 g/mol. The predicted octanol–water partition coefficient (Wildman–Crippen LogP) is 2.95. The van der Waals surface area contributed by atoms with Crippen LogP contribution in [0.2, 0.25) is 0 Å². The van der Waals surface area contributed by atoms with Gasteiger partial charge in [-0.1, -0.05) is 19.9 Å². The maximum absolute atomic E-state index is 12.5. The molecule has 2 aromatic rings. The Balaban J connectivity index is 2.33. The Labute approximate surface area is 137 Å². The summed E-state index contributed by atoms with van der Waals surface area (Å²) >= 11 is 0. The van der Waals surface area contributed by atoms with Crippen LogP contribution in [0.4, 0.5) is 0 Å². The predicted molar refractivity (Wildman–Crippen MR) is 86.4 cm³/mol. The van der Waals surface area contributed by atoms with Gasteiger partial charge in [0.2, 0.25) is 5.78 Å². The molecule has 5 N–H and O–H groups in total. The van der Waals surface area contributed by atoms with E-state index in [0.29, 0.717) is 11.1 Å². The molecule has 0 aromatic heterocycles. The van der Waals surface area contributed by atoms with Gasteiger partial charge in [-0.2, -0.15) is 0 Å². The average Bonchev–Trinajstić information content (AvgIpc) is 2.48. The summed E-state index contributed by atoms with van der Waals surface area (Å²) in [4.78, 5) is 12.5. The van der Waals surface area contributed by atoms with Gasteiger partial charge >= 0.3 is 0 Å². The van der Waals surface area contributed by atoms with Crippen LogP contribution in [-0.4, -0.2) is 31.3 Å². The van der Waals surface area contributed by atoms with Crippen molar-refractivity contribution in [1.82, 2.24) is 0 Å². The third kappa shape index (κ3) is 2.07. The number of aliphatic hydroxyl groups excluding tert-OH is 1. The normalized spacial score (nSPS) is 16.2. The molecule has 0 heterocycles. The van der Waals surface area contributed by atoms with E-state index in [0.717, 1.165) is 6.07 Å². The topological polar surface area (TPSA) is 118 Å². The summed E-state index contributed by atoms with van der Waals surface area (Å²) in [5.41, 5.74) is -0.102. The summed E-state index contributed by atoms with van der Waals surface area (Å²) in [7, 11) is 0. The number of allylic oxidation sites excluding steroid dienone is 2. The van der Waals surface area contributed by atoms with E-state index in [1.165, 1.54) is 24.3 Å². The zero-order valence-corrected chi connectivity index (χ0v) is 13.0. The molecule has 2 aromatic carbocycles. The van der Waals surface area contributed by atoms with Crippen LogP contribution in [0.3, 0.4) is 0 Å². The first-order valence-electron chi connectivity index (χ1n) is 7.21. The lowest BCUT2D eigenvalue weighted by molar-refractivity contribution is 0.0968. The van der Waals surface area contributed by atoms with E-state index in [9.17, 15) is 30.3 Å². The largest absolute Gasteiger partial charge is 0.508 e. The highest BCUT2D eigenvalue weighted by molar-refractivity contribution is 6.17. The highest BCUT2D eigenvalue weighted by Crippen LogP contribution is 2.49. The number of aromatic hydroxyl groups is 4. The van der Waals surface area contributed by atoms with E-state index in [1.54, 1.807) is 13.8 Å². The number of aliphatic hydroxyl groups is 1. The van der Waals surface area contributed by atoms with Gasteiger partial charge in [-0.3, -0.25) is 4.79 Å². The van der Waals surface area contributed by atoms with E-state index < -0.39 is 22.7 Å². The van der Waals surface area contributed by atoms with Crippen molar-refractivity contribution in [2.45, 2.75) is 19.3 Å². The minimum atomic E-state index is -0.951. The molecule has 6 nitrogen and oxygen atoms in total. The number of fused-ring (bicyclic) bond motifs is 1. The van der Waals surface area contributed by atoms with Gasteiger partial charge in [0.25, 0.3) is 0 Å². The Bertz CT molecular complexity index is 908. The van der Waals surface area contributed by atoms with Crippen LogP contribution < -0.4 is 0 Å². The van der Waals surface area contributed by atoms with Crippen LogP contribution in [0.15, 0.2) is 36.1 Å². The van der Waals surface area contributed by atoms with E-state index in [-0.39, 0.29) is 28.4 Å². The zero-order valence-electron chi connectivity index (χ0n) is 13.0. The number of phenols is 4. The molecule has 0 spiro atoms. The zero-order chi connectivity index (χ0) is 17.8. The summed E-state index contributed by atoms with van der Waals surface area (Å²) in [5, 5.41) is 49.4. The minimum absolute atomic E-state index is 0.0675. The number of hydrogen-bond acceptors (Lipinski definition) is 6. The van der Waals surface area contributed by atoms with Crippen LogP contribution in [0.25, 0.3) is 5.57 Å². The van der Waals surface area contributed by atoms with Gasteiger partial charge in [0, 0.05) is 17.1 Å². The fourth-order valence-corrected chi connectivity index (χ4v) is 3.18. The second-order valence-corrected chi connectivity index (χ2v) is 6.27. The van der Waals surface area contributed by atoms with Gasteiger partial charge in [-0.05, 0) is 29.3 Å². The highest BCUT2D eigenvalue weighted by Gasteiger charge is 2.42. The first-order chi connectivity index (χ1) is 11.1. The molecule has 0 atom stereocenters. The quantitative estimate of drug-likeness (QED) is 0.514. The summed E-state index contributed by atoms with van der Waals surface area (Å²) in [6.45, 7) is 3.43. The number of benzene rings is 2. The molecule has 0 radical (unpaired) electrons. The van der Waals surface area contributed by atoms with Crippen molar-refractivity contribution in [1.29, 1.82) is 0 Å². The number of carbonyl (C=O) groups is 1. The Kier molecular flexibility index (Phi) is 3.23. The molecule has 6 heteroatoms. The third-order valence-electron chi connectivity index (χ3n) is 4.34. The fourth-order valence-electron chi connectivity index (χ4n) is 3.18. The van der Waals surface area contributed by atoms with Crippen LogP contribution in [-0.2, 0) is 5.41 Å². The highest BCUT2D eigenvalue weighted by atomic mass is 16.3. The molecule has 0 fully saturated rings.